The van der Waals surface area contributed by atoms with Gasteiger partial charge in [-0.1, -0.05) is 22.0 Å². The fraction of sp³-hybridized carbons (Fsp3) is 0.294. The summed E-state index contributed by atoms with van der Waals surface area (Å²) in [4.78, 5) is 17.6. The SMILES string of the molecule is CN(CCc1ccncc1)C(=O)NCCOc1cccc(Br)c1. The molecule has 0 aliphatic heterocycles. The van der Waals surface area contributed by atoms with Crippen LogP contribution in [0.25, 0.3) is 0 Å². The lowest BCUT2D eigenvalue weighted by Gasteiger charge is -2.18. The van der Waals surface area contributed by atoms with Crippen LogP contribution >= 0.6 is 15.9 Å². The van der Waals surface area contributed by atoms with Crippen LogP contribution in [-0.2, 0) is 6.42 Å². The number of likely N-dealkylation sites (N-methyl/N-ethyl adjacent to an activating group) is 1. The van der Waals surface area contributed by atoms with Crippen molar-refractivity contribution in [3.8, 4) is 5.75 Å². The molecule has 0 fully saturated rings. The zero-order valence-electron chi connectivity index (χ0n) is 13.0. The summed E-state index contributed by atoms with van der Waals surface area (Å²) >= 11 is 3.39. The highest BCUT2D eigenvalue weighted by Gasteiger charge is 2.07. The summed E-state index contributed by atoms with van der Waals surface area (Å²) in [5.41, 5.74) is 1.16. The smallest absolute Gasteiger partial charge is 0.317 e. The molecule has 0 atom stereocenters. The summed E-state index contributed by atoms with van der Waals surface area (Å²) in [6.45, 7) is 1.55. The van der Waals surface area contributed by atoms with E-state index in [1.165, 1.54) is 0 Å². The molecule has 0 radical (unpaired) electrons. The second-order valence-electron chi connectivity index (χ2n) is 5.06. The van der Waals surface area contributed by atoms with Crippen molar-refractivity contribution in [2.24, 2.45) is 0 Å². The van der Waals surface area contributed by atoms with Crippen LogP contribution in [0.1, 0.15) is 5.56 Å². The lowest BCUT2D eigenvalue weighted by Crippen LogP contribution is -2.40. The van der Waals surface area contributed by atoms with Crippen LogP contribution in [0.5, 0.6) is 5.75 Å². The summed E-state index contributed by atoms with van der Waals surface area (Å²) in [6, 6.07) is 11.4. The number of halogens is 1. The topological polar surface area (TPSA) is 54.5 Å². The van der Waals surface area contributed by atoms with E-state index in [1.54, 1.807) is 24.3 Å². The van der Waals surface area contributed by atoms with Crippen LogP contribution in [0, 0.1) is 0 Å². The van der Waals surface area contributed by atoms with E-state index in [9.17, 15) is 4.79 Å². The summed E-state index contributed by atoms with van der Waals surface area (Å²) in [5, 5.41) is 2.84. The fourth-order valence-corrected chi connectivity index (χ4v) is 2.34. The number of carbonyl (C=O) groups is 1. The number of hydrogen-bond acceptors (Lipinski definition) is 3. The van der Waals surface area contributed by atoms with E-state index in [0.29, 0.717) is 19.7 Å². The highest BCUT2D eigenvalue weighted by atomic mass is 79.9. The van der Waals surface area contributed by atoms with Gasteiger partial charge in [-0.2, -0.15) is 0 Å². The number of carbonyl (C=O) groups excluding carboxylic acids is 1. The molecule has 2 rings (SSSR count). The largest absolute Gasteiger partial charge is 0.492 e. The lowest BCUT2D eigenvalue weighted by atomic mass is 10.2. The maximum atomic E-state index is 12.0. The third kappa shape index (κ3) is 6.28. The molecule has 0 spiro atoms. The Bertz CT molecular complexity index is 622. The third-order valence-corrected chi connectivity index (χ3v) is 3.77. The Morgan fingerprint density at radius 2 is 2.09 bits per heavy atom. The molecule has 0 aliphatic rings. The van der Waals surface area contributed by atoms with Gasteiger partial charge >= 0.3 is 6.03 Å². The maximum absolute atomic E-state index is 12.0. The Morgan fingerprint density at radius 1 is 1.30 bits per heavy atom. The number of amides is 2. The number of nitrogens with zero attached hydrogens (tertiary/aromatic N) is 2. The highest BCUT2D eigenvalue weighted by molar-refractivity contribution is 9.10. The Morgan fingerprint density at radius 3 is 2.83 bits per heavy atom. The van der Waals surface area contributed by atoms with Gasteiger partial charge in [-0.15, -0.1) is 0 Å². The summed E-state index contributed by atoms with van der Waals surface area (Å²) < 4.78 is 6.54. The molecule has 1 aromatic heterocycles. The minimum atomic E-state index is -0.100. The number of urea groups is 1. The van der Waals surface area contributed by atoms with Gasteiger partial charge in [0.15, 0.2) is 0 Å². The number of rotatable bonds is 7. The predicted molar refractivity (Wildman–Crippen MR) is 93.6 cm³/mol. The average molecular weight is 378 g/mol. The van der Waals surface area contributed by atoms with Crippen molar-refractivity contribution in [1.29, 1.82) is 0 Å². The first-order valence-electron chi connectivity index (χ1n) is 7.41. The first-order valence-corrected chi connectivity index (χ1v) is 8.20. The van der Waals surface area contributed by atoms with Crippen LogP contribution in [-0.4, -0.2) is 42.7 Å². The van der Waals surface area contributed by atoms with Crippen LogP contribution in [0.3, 0.4) is 0 Å². The van der Waals surface area contributed by atoms with Crippen molar-refractivity contribution < 1.29 is 9.53 Å². The molecule has 0 saturated carbocycles. The van der Waals surface area contributed by atoms with Crippen LogP contribution in [0.15, 0.2) is 53.3 Å². The zero-order valence-corrected chi connectivity index (χ0v) is 14.6. The molecule has 0 aliphatic carbocycles. The van der Waals surface area contributed by atoms with E-state index < -0.39 is 0 Å². The normalized spacial score (nSPS) is 10.2. The van der Waals surface area contributed by atoms with Gasteiger partial charge in [-0.05, 0) is 42.3 Å². The van der Waals surface area contributed by atoms with Gasteiger partial charge in [0.05, 0.1) is 6.54 Å². The molecule has 1 aromatic carbocycles. The molecule has 5 nitrogen and oxygen atoms in total. The van der Waals surface area contributed by atoms with E-state index >= 15 is 0 Å². The maximum Gasteiger partial charge on any atom is 0.317 e. The molecule has 1 heterocycles. The minimum absolute atomic E-state index is 0.100. The van der Waals surface area contributed by atoms with Gasteiger partial charge in [-0.3, -0.25) is 4.98 Å². The lowest BCUT2D eigenvalue weighted by molar-refractivity contribution is 0.206. The number of hydrogen-bond donors (Lipinski definition) is 1. The standard InChI is InChI=1S/C17H20BrN3O2/c1-21(11-7-14-5-8-19-9-6-14)17(22)20-10-12-23-16-4-2-3-15(18)13-16/h2-6,8-9,13H,7,10-12H2,1H3,(H,20,22). The molecule has 0 bridgehead atoms. The second kappa shape index (κ2) is 9.15. The van der Waals surface area contributed by atoms with E-state index in [4.69, 9.17) is 4.74 Å². The molecule has 0 unspecified atom stereocenters. The van der Waals surface area contributed by atoms with Crippen molar-refractivity contribution in [3.05, 3.63) is 58.8 Å². The number of pyridine rings is 1. The monoisotopic (exact) mass is 377 g/mol. The van der Waals surface area contributed by atoms with Gasteiger partial charge < -0.3 is 15.0 Å². The molecular weight excluding hydrogens is 358 g/mol. The summed E-state index contributed by atoms with van der Waals surface area (Å²) in [6.07, 6.45) is 4.32. The molecule has 0 saturated heterocycles. The predicted octanol–water partition coefficient (Wildman–Crippen LogP) is 3.11. The van der Waals surface area contributed by atoms with Crippen molar-refractivity contribution in [2.45, 2.75) is 6.42 Å². The molecule has 122 valence electrons. The van der Waals surface area contributed by atoms with Gasteiger partial charge in [0.25, 0.3) is 0 Å². The molecule has 6 heteroatoms. The van der Waals surface area contributed by atoms with Gasteiger partial charge in [0.2, 0.25) is 0 Å². The quantitative estimate of drug-likeness (QED) is 0.754. The Balaban J connectivity index is 1.64. The van der Waals surface area contributed by atoms with Crippen LogP contribution in [0.4, 0.5) is 4.79 Å². The Labute approximate surface area is 144 Å². The molecule has 2 amide bonds. The number of nitrogens with one attached hydrogen (secondary N) is 1. The van der Waals surface area contributed by atoms with Gasteiger partial charge in [0.1, 0.15) is 12.4 Å². The Hall–Kier alpha value is -2.08. The molecule has 1 N–H and O–H groups in total. The van der Waals surface area contributed by atoms with Crippen molar-refractivity contribution in [3.63, 3.8) is 0 Å². The molecular formula is C17H20BrN3O2. The van der Waals surface area contributed by atoms with E-state index in [2.05, 4.69) is 26.2 Å². The minimum Gasteiger partial charge on any atom is -0.492 e. The molecule has 23 heavy (non-hydrogen) atoms. The number of ether oxygens (including phenoxy) is 1. The van der Waals surface area contributed by atoms with Crippen LogP contribution < -0.4 is 10.1 Å². The third-order valence-electron chi connectivity index (χ3n) is 3.28. The van der Waals surface area contributed by atoms with Gasteiger partial charge in [-0.25, -0.2) is 4.79 Å². The van der Waals surface area contributed by atoms with E-state index in [-0.39, 0.29) is 6.03 Å². The summed E-state index contributed by atoms with van der Waals surface area (Å²) in [5.74, 6) is 0.777. The van der Waals surface area contributed by atoms with Crippen molar-refractivity contribution >= 4 is 22.0 Å². The molecule has 2 aromatic rings. The van der Waals surface area contributed by atoms with E-state index in [0.717, 1.165) is 22.2 Å². The second-order valence-corrected chi connectivity index (χ2v) is 5.98. The number of benzene rings is 1. The van der Waals surface area contributed by atoms with Crippen LogP contribution in [0.2, 0.25) is 0 Å². The summed E-state index contributed by atoms with van der Waals surface area (Å²) in [7, 11) is 1.78. The highest BCUT2D eigenvalue weighted by Crippen LogP contribution is 2.17. The Kier molecular flexibility index (Phi) is 6.87. The van der Waals surface area contributed by atoms with Gasteiger partial charge in [0, 0.05) is 30.5 Å². The number of aromatic nitrogens is 1. The van der Waals surface area contributed by atoms with E-state index in [1.807, 2.05) is 36.4 Å². The average Bonchev–Trinajstić information content (AvgIpc) is 2.57. The van der Waals surface area contributed by atoms with Crippen molar-refractivity contribution in [1.82, 2.24) is 15.2 Å². The zero-order chi connectivity index (χ0) is 16.5. The first-order chi connectivity index (χ1) is 11.1. The fourth-order valence-electron chi connectivity index (χ4n) is 1.97. The first kappa shape index (κ1) is 17.3. The van der Waals surface area contributed by atoms with Crippen molar-refractivity contribution in [2.75, 3.05) is 26.7 Å².